The molecule has 1 aliphatic rings. The van der Waals surface area contributed by atoms with E-state index in [0.29, 0.717) is 32.5 Å². The van der Waals surface area contributed by atoms with Gasteiger partial charge in [0.1, 0.15) is 11.5 Å². The van der Waals surface area contributed by atoms with Gasteiger partial charge in [-0.05, 0) is 48.9 Å². The molecular formula is C23H14Cl2O4. The van der Waals surface area contributed by atoms with E-state index in [1.807, 2.05) is 19.1 Å². The maximum atomic E-state index is 12.6. The fourth-order valence-electron chi connectivity index (χ4n) is 2.86. The van der Waals surface area contributed by atoms with Crippen molar-refractivity contribution in [2.45, 2.75) is 6.92 Å². The van der Waals surface area contributed by atoms with Gasteiger partial charge >= 0.3 is 5.97 Å². The first-order valence-corrected chi connectivity index (χ1v) is 9.49. The summed E-state index contributed by atoms with van der Waals surface area (Å²) in [6.45, 7) is 1.94. The highest BCUT2D eigenvalue weighted by Gasteiger charge is 2.28. The number of carbonyl (C=O) groups excluding carboxylic acids is 2. The number of aryl methyl sites for hydroxylation is 1. The van der Waals surface area contributed by atoms with Gasteiger partial charge in [-0.25, -0.2) is 4.79 Å². The minimum absolute atomic E-state index is 0.117. The molecule has 0 aliphatic carbocycles. The summed E-state index contributed by atoms with van der Waals surface area (Å²) in [7, 11) is 0. The van der Waals surface area contributed by atoms with Crippen LogP contribution in [0.25, 0.3) is 6.08 Å². The van der Waals surface area contributed by atoms with E-state index >= 15 is 0 Å². The van der Waals surface area contributed by atoms with Gasteiger partial charge < -0.3 is 9.47 Å². The van der Waals surface area contributed by atoms with E-state index in [4.69, 9.17) is 32.7 Å². The van der Waals surface area contributed by atoms with Crippen LogP contribution in [0.4, 0.5) is 0 Å². The van der Waals surface area contributed by atoms with Gasteiger partial charge in [-0.2, -0.15) is 0 Å². The lowest BCUT2D eigenvalue weighted by Crippen LogP contribution is -2.08. The second-order valence-corrected chi connectivity index (χ2v) is 7.28. The molecule has 0 N–H and O–H groups in total. The Labute approximate surface area is 177 Å². The molecule has 0 saturated heterocycles. The number of carbonyl (C=O) groups is 2. The third-order valence-corrected chi connectivity index (χ3v) is 5.24. The molecule has 4 rings (SSSR count). The molecule has 0 unspecified atom stereocenters. The van der Waals surface area contributed by atoms with E-state index in [1.54, 1.807) is 42.5 Å². The molecule has 0 atom stereocenters. The lowest BCUT2D eigenvalue weighted by molar-refractivity contribution is 0.0734. The zero-order chi connectivity index (χ0) is 20.5. The Morgan fingerprint density at radius 1 is 1.03 bits per heavy atom. The van der Waals surface area contributed by atoms with Crippen molar-refractivity contribution in [2.75, 3.05) is 0 Å². The van der Waals surface area contributed by atoms with E-state index in [2.05, 4.69) is 0 Å². The summed E-state index contributed by atoms with van der Waals surface area (Å²) in [6, 6.07) is 16.8. The molecule has 0 bridgehead atoms. The van der Waals surface area contributed by atoms with Crippen molar-refractivity contribution in [3.8, 4) is 11.5 Å². The van der Waals surface area contributed by atoms with Crippen molar-refractivity contribution >= 4 is 41.0 Å². The van der Waals surface area contributed by atoms with E-state index in [0.717, 1.165) is 5.56 Å². The van der Waals surface area contributed by atoms with Crippen LogP contribution in [0, 0.1) is 6.92 Å². The lowest BCUT2D eigenvalue weighted by atomic mass is 10.1. The summed E-state index contributed by atoms with van der Waals surface area (Å²) in [5.41, 5.74) is 2.43. The SMILES string of the molecule is Cc1ccc(C(=O)Oc2ccc3c(c2)OC(=Cc2cccc(Cl)c2Cl)C3=O)cc1. The number of ketones is 1. The molecule has 1 aliphatic heterocycles. The van der Waals surface area contributed by atoms with Gasteiger partial charge in [0.05, 0.1) is 21.2 Å². The molecule has 3 aromatic carbocycles. The molecule has 1 heterocycles. The van der Waals surface area contributed by atoms with Gasteiger partial charge in [0, 0.05) is 6.07 Å². The second kappa shape index (κ2) is 7.74. The van der Waals surface area contributed by atoms with Crippen LogP contribution in [0.5, 0.6) is 11.5 Å². The molecule has 29 heavy (non-hydrogen) atoms. The van der Waals surface area contributed by atoms with E-state index < -0.39 is 5.97 Å². The van der Waals surface area contributed by atoms with Crippen molar-refractivity contribution in [1.82, 2.24) is 0 Å². The molecule has 0 amide bonds. The minimum Gasteiger partial charge on any atom is -0.452 e. The highest BCUT2D eigenvalue weighted by Crippen LogP contribution is 2.36. The zero-order valence-corrected chi connectivity index (χ0v) is 16.8. The summed E-state index contributed by atoms with van der Waals surface area (Å²) in [4.78, 5) is 24.9. The Hall–Kier alpha value is -3.08. The standard InChI is InChI=1S/C23H14Cl2O4/c1-13-5-7-14(8-6-13)23(27)28-16-9-10-17-19(12-16)29-20(22(17)26)11-15-3-2-4-18(24)21(15)25/h2-12H,1H3. The van der Waals surface area contributed by atoms with E-state index in [1.165, 1.54) is 12.1 Å². The minimum atomic E-state index is -0.490. The molecule has 3 aromatic rings. The van der Waals surface area contributed by atoms with Crippen molar-refractivity contribution < 1.29 is 19.1 Å². The number of hydrogen-bond donors (Lipinski definition) is 0. The van der Waals surface area contributed by atoms with Crippen LogP contribution in [0.15, 0.2) is 66.4 Å². The molecule has 0 saturated carbocycles. The molecule has 144 valence electrons. The first-order chi connectivity index (χ1) is 13.9. The third kappa shape index (κ3) is 3.90. The monoisotopic (exact) mass is 424 g/mol. The Balaban J connectivity index is 1.57. The number of Topliss-reactive ketones (excluding diaryl/α,β-unsaturated/α-hetero) is 1. The number of fused-ring (bicyclic) bond motifs is 1. The molecule has 0 radical (unpaired) electrons. The summed E-state index contributed by atoms with van der Waals surface area (Å²) in [5.74, 6) is -0.0628. The Bertz CT molecular complexity index is 1160. The van der Waals surface area contributed by atoms with Gasteiger partial charge in [-0.15, -0.1) is 0 Å². The first kappa shape index (κ1) is 19.2. The highest BCUT2D eigenvalue weighted by molar-refractivity contribution is 6.43. The van der Waals surface area contributed by atoms with Gasteiger partial charge in [-0.3, -0.25) is 4.79 Å². The first-order valence-electron chi connectivity index (χ1n) is 8.73. The predicted molar refractivity (Wildman–Crippen MR) is 112 cm³/mol. The average Bonchev–Trinajstić information content (AvgIpc) is 3.01. The fourth-order valence-corrected chi connectivity index (χ4v) is 3.22. The number of hydrogen-bond acceptors (Lipinski definition) is 4. The Morgan fingerprint density at radius 3 is 2.55 bits per heavy atom. The summed E-state index contributed by atoms with van der Waals surface area (Å²) >= 11 is 12.2. The number of allylic oxidation sites excluding steroid dienone is 1. The number of rotatable bonds is 3. The lowest BCUT2D eigenvalue weighted by Gasteiger charge is -2.06. The van der Waals surface area contributed by atoms with Gasteiger partial charge in [0.15, 0.2) is 5.76 Å². The van der Waals surface area contributed by atoms with Crippen molar-refractivity contribution in [3.05, 3.63) is 98.7 Å². The summed E-state index contributed by atoms with van der Waals surface area (Å²) in [6.07, 6.45) is 1.54. The number of esters is 1. The van der Waals surface area contributed by atoms with Crippen molar-refractivity contribution in [2.24, 2.45) is 0 Å². The summed E-state index contributed by atoms with van der Waals surface area (Å²) < 4.78 is 11.1. The van der Waals surface area contributed by atoms with Crippen LogP contribution in [-0.4, -0.2) is 11.8 Å². The summed E-state index contributed by atoms with van der Waals surface area (Å²) in [5, 5.41) is 0.719. The molecule has 4 nitrogen and oxygen atoms in total. The fraction of sp³-hybridized carbons (Fsp3) is 0.0435. The number of benzene rings is 3. The average molecular weight is 425 g/mol. The normalized spacial score (nSPS) is 13.9. The van der Waals surface area contributed by atoms with Crippen LogP contribution < -0.4 is 9.47 Å². The van der Waals surface area contributed by atoms with Crippen LogP contribution >= 0.6 is 23.2 Å². The van der Waals surface area contributed by atoms with E-state index in [9.17, 15) is 9.59 Å². The zero-order valence-electron chi connectivity index (χ0n) is 15.2. The highest BCUT2D eigenvalue weighted by atomic mass is 35.5. The van der Waals surface area contributed by atoms with Gasteiger partial charge in [0.2, 0.25) is 5.78 Å². The molecular weight excluding hydrogens is 411 g/mol. The molecule has 6 heteroatoms. The largest absolute Gasteiger partial charge is 0.452 e. The van der Waals surface area contributed by atoms with Crippen molar-refractivity contribution in [1.29, 1.82) is 0 Å². The van der Waals surface area contributed by atoms with Crippen molar-refractivity contribution in [3.63, 3.8) is 0 Å². The Morgan fingerprint density at radius 2 is 1.79 bits per heavy atom. The van der Waals surface area contributed by atoms with Crippen LogP contribution in [-0.2, 0) is 0 Å². The quantitative estimate of drug-likeness (QED) is 0.288. The molecule has 0 aromatic heterocycles. The van der Waals surface area contributed by atoms with E-state index in [-0.39, 0.29) is 17.3 Å². The van der Waals surface area contributed by atoms with Crippen LogP contribution in [0.1, 0.15) is 31.8 Å². The van der Waals surface area contributed by atoms with Gasteiger partial charge in [-0.1, -0.05) is 53.0 Å². The Kier molecular flexibility index (Phi) is 5.14. The topological polar surface area (TPSA) is 52.6 Å². The number of ether oxygens (including phenoxy) is 2. The van der Waals surface area contributed by atoms with Crippen LogP contribution in [0.2, 0.25) is 10.0 Å². The van der Waals surface area contributed by atoms with Crippen LogP contribution in [0.3, 0.4) is 0 Å². The second-order valence-electron chi connectivity index (χ2n) is 6.50. The maximum absolute atomic E-state index is 12.6. The third-order valence-electron chi connectivity index (χ3n) is 4.41. The number of halogens is 2. The smallest absolute Gasteiger partial charge is 0.343 e. The molecule has 0 fully saturated rings. The maximum Gasteiger partial charge on any atom is 0.343 e. The predicted octanol–water partition coefficient (Wildman–Crippen LogP) is 6.14. The van der Waals surface area contributed by atoms with Gasteiger partial charge in [0.25, 0.3) is 0 Å². The molecule has 0 spiro atoms.